The number of carbonyl (C=O) groups is 1. The first-order valence-corrected chi connectivity index (χ1v) is 9.89. The number of morpholine rings is 1. The smallest absolute Gasteiger partial charge is 0.221 e. The highest BCUT2D eigenvalue weighted by Gasteiger charge is 2.16. The van der Waals surface area contributed by atoms with Crippen LogP contribution in [0.15, 0.2) is 4.99 Å². The van der Waals surface area contributed by atoms with Gasteiger partial charge in [-0.3, -0.25) is 14.7 Å². The number of halogens is 1. The summed E-state index contributed by atoms with van der Waals surface area (Å²) in [4.78, 5) is 19.0. The van der Waals surface area contributed by atoms with Crippen molar-refractivity contribution in [3.8, 4) is 0 Å². The number of aliphatic imine (C=N–C) groups is 1. The third-order valence-corrected chi connectivity index (χ3v) is 4.72. The number of nitrogens with zero attached hydrogens (tertiary/aromatic N) is 2. The molecule has 26 heavy (non-hydrogen) atoms. The molecule has 3 N–H and O–H groups in total. The predicted molar refractivity (Wildman–Crippen MR) is 116 cm³/mol. The van der Waals surface area contributed by atoms with Gasteiger partial charge in [-0.1, -0.05) is 12.8 Å². The summed E-state index contributed by atoms with van der Waals surface area (Å²) in [5.41, 5.74) is 0. The summed E-state index contributed by atoms with van der Waals surface area (Å²) in [5, 5.41) is 9.62. The van der Waals surface area contributed by atoms with Gasteiger partial charge in [0.1, 0.15) is 0 Å². The summed E-state index contributed by atoms with van der Waals surface area (Å²) < 4.78 is 5.36. The lowest BCUT2D eigenvalue weighted by atomic mass is 10.2. The molecule has 0 atom stereocenters. The van der Waals surface area contributed by atoms with Crippen LogP contribution in [0.4, 0.5) is 0 Å². The minimum absolute atomic E-state index is 0. The summed E-state index contributed by atoms with van der Waals surface area (Å²) in [6.07, 6.45) is 6.28. The van der Waals surface area contributed by atoms with Crippen molar-refractivity contribution in [3.05, 3.63) is 0 Å². The highest BCUT2D eigenvalue weighted by molar-refractivity contribution is 14.0. The second-order valence-electron chi connectivity index (χ2n) is 6.79. The summed E-state index contributed by atoms with van der Waals surface area (Å²) in [6.45, 7) is 9.09. The number of nitrogens with one attached hydrogen (secondary N) is 3. The molecule has 2 aliphatic rings. The van der Waals surface area contributed by atoms with E-state index in [9.17, 15) is 4.79 Å². The lowest BCUT2D eigenvalue weighted by Crippen LogP contribution is -2.40. The van der Waals surface area contributed by atoms with E-state index in [2.05, 4.69) is 32.8 Å². The number of carbonyl (C=O) groups excluding carboxylic acids is 1. The molecule has 0 radical (unpaired) electrons. The lowest BCUT2D eigenvalue weighted by molar-refractivity contribution is -0.121. The van der Waals surface area contributed by atoms with Crippen LogP contribution in [-0.2, 0) is 9.53 Å². The second-order valence-corrected chi connectivity index (χ2v) is 6.79. The van der Waals surface area contributed by atoms with Crippen LogP contribution < -0.4 is 16.0 Å². The van der Waals surface area contributed by atoms with E-state index in [1.807, 2.05) is 0 Å². The zero-order valence-corrected chi connectivity index (χ0v) is 18.4. The van der Waals surface area contributed by atoms with Gasteiger partial charge in [0.25, 0.3) is 0 Å². The maximum absolute atomic E-state index is 11.9. The first-order chi connectivity index (χ1) is 12.3. The van der Waals surface area contributed by atoms with Gasteiger partial charge >= 0.3 is 0 Å². The Kier molecular flexibility index (Phi) is 13.0. The zero-order chi connectivity index (χ0) is 17.7. The van der Waals surface area contributed by atoms with E-state index in [-0.39, 0.29) is 29.9 Å². The third-order valence-electron chi connectivity index (χ3n) is 4.72. The fraction of sp³-hybridized carbons (Fsp3) is 0.889. The molecule has 152 valence electrons. The normalized spacial score (nSPS) is 19.0. The Balaban J connectivity index is 0.00000338. The zero-order valence-electron chi connectivity index (χ0n) is 16.1. The van der Waals surface area contributed by atoms with E-state index >= 15 is 0 Å². The van der Waals surface area contributed by atoms with Gasteiger partial charge in [0.15, 0.2) is 5.96 Å². The van der Waals surface area contributed by atoms with Crippen molar-refractivity contribution in [1.29, 1.82) is 0 Å². The quantitative estimate of drug-likeness (QED) is 0.201. The number of hydrogen-bond acceptors (Lipinski definition) is 4. The van der Waals surface area contributed by atoms with E-state index in [4.69, 9.17) is 4.74 Å². The summed E-state index contributed by atoms with van der Waals surface area (Å²) in [5.74, 6) is 0.945. The molecule has 0 unspecified atom stereocenters. The summed E-state index contributed by atoms with van der Waals surface area (Å²) in [6, 6.07) is 0.398. The highest BCUT2D eigenvalue weighted by atomic mass is 127. The molecular formula is C18H36IN5O2. The van der Waals surface area contributed by atoms with Gasteiger partial charge in [0, 0.05) is 51.7 Å². The standard InChI is InChI=1S/C18H35N5O2.HI/c1-2-19-18(20-9-5-11-23-12-14-25-15-13-23)21-10-8-17(24)22-16-6-3-4-7-16;/h16H,2-15H2,1H3,(H,22,24)(H2,19,20,21);1H. The maximum atomic E-state index is 11.9. The van der Waals surface area contributed by atoms with Crippen molar-refractivity contribution in [3.63, 3.8) is 0 Å². The fourth-order valence-electron chi connectivity index (χ4n) is 3.32. The lowest BCUT2D eigenvalue weighted by Gasteiger charge is -2.26. The van der Waals surface area contributed by atoms with Crippen LogP contribution in [0.25, 0.3) is 0 Å². The molecule has 0 spiro atoms. The molecule has 2 fully saturated rings. The number of amides is 1. The fourth-order valence-corrected chi connectivity index (χ4v) is 3.32. The molecule has 0 aromatic heterocycles. The van der Waals surface area contributed by atoms with Crippen LogP contribution in [0, 0.1) is 0 Å². The largest absolute Gasteiger partial charge is 0.379 e. The van der Waals surface area contributed by atoms with Gasteiger partial charge < -0.3 is 20.7 Å². The average Bonchev–Trinajstić information content (AvgIpc) is 3.12. The van der Waals surface area contributed by atoms with E-state index < -0.39 is 0 Å². The SMILES string of the molecule is CCNC(=NCCCN1CCOCC1)NCCC(=O)NC1CCCC1.I. The van der Waals surface area contributed by atoms with Crippen LogP contribution in [0.2, 0.25) is 0 Å². The van der Waals surface area contributed by atoms with Gasteiger partial charge in [-0.15, -0.1) is 24.0 Å². The number of guanidine groups is 1. The van der Waals surface area contributed by atoms with Crippen molar-refractivity contribution in [2.24, 2.45) is 4.99 Å². The first-order valence-electron chi connectivity index (χ1n) is 9.89. The summed E-state index contributed by atoms with van der Waals surface area (Å²) >= 11 is 0. The van der Waals surface area contributed by atoms with Crippen molar-refractivity contribution >= 4 is 35.8 Å². The number of rotatable bonds is 9. The molecule has 1 saturated carbocycles. The molecule has 1 aliphatic heterocycles. The van der Waals surface area contributed by atoms with Crippen molar-refractivity contribution in [2.75, 3.05) is 52.5 Å². The minimum Gasteiger partial charge on any atom is -0.379 e. The number of ether oxygens (including phenoxy) is 1. The molecule has 0 aromatic carbocycles. The maximum Gasteiger partial charge on any atom is 0.221 e. The Hall–Kier alpha value is -0.610. The summed E-state index contributed by atoms with van der Waals surface area (Å²) in [7, 11) is 0. The Labute approximate surface area is 175 Å². The molecule has 2 rings (SSSR count). The van der Waals surface area contributed by atoms with E-state index in [1.54, 1.807) is 0 Å². The number of hydrogen-bond donors (Lipinski definition) is 3. The Morgan fingerprint density at radius 1 is 1.19 bits per heavy atom. The highest BCUT2D eigenvalue weighted by Crippen LogP contribution is 2.17. The second kappa shape index (κ2) is 14.4. The Bertz CT molecular complexity index is 410. The molecule has 1 aliphatic carbocycles. The molecular weight excluding hydrogens is 445 g/mol. The van der Waals surface area contributed by atoms with Gasteiger partial charge in [-0.05, 0) is 26.2 Å². The van der Waals surface area contributed by atoms with Crippen LogP contribution >= 0.6 is 24.0 Å². The van der Waals surface area contributed by atoms with Crippen LogP contribution in [0.3, 0.4) is 0 Å². The van der Waals surface area contributed by atoms with Crippen molar-refractivity contribution in [2.45, 2.75) is 51.5 Å². The topological polar surface area (TPSA) is 78.0 Å². The monoisotopic (exact) mass is 481 g/mol. The molecule has 7 nitrogen and oxygen atoms in total. The van der Waals surface area contributed by atoms with Gasteiger partial charge in [-0.25, -0.2) is 0 Å². The molecule has 8 heteroatoms. The molecule has 0 bridgehead atoms. The average molecular weight is 481 g/mol. The predicted octanol–water partition coefficient (Wildman–Crippen LogP) is 1.33. The van der Waals surface area contributed by atoms with Crippen molar-refractivity contribution < 1.29 is 9.53 Å². The van der Waals surface area contributed by atoms with E-state index in [1.165, 1.54) is 12.8 Å². The van der Waals surface area contributed by atoms with Gasteiger partial charge in [0.2, 0.25) is 5.91 Å². The molecule has 1 amide bonds. The van der Waals surface area contributed by atoms with Gasteiger partial charge in [0.05, 0.1) is 13.2 Å². The Morgan fingerprint density at radius 3 is 2.62 bits per heavy atom. The van der Waals surface area contributed by atoms with Crippen LogP contribution in [0.1, 0.15) is 45.4 Å². The Morgan fingerprint density at radius 2 is 1.92 bits per heavy atom. The van der Waals surface area contributed by atoms with Crippen LogP contribution in [0.5, 0.6) is 0 Å². The van der Waals surface area contributed by atoms with E-state index in [0.29, 0.717) is 19.0 Å². The molecule has 1 heterocycles. The van der Waals surface area contributed by atoms with Gasteiger partial charge in [-0.2, -0.15) is 0 Å². The van der Waals surface area contributed by atoms with Crippen LogP contribution in [-0.4, -0.2) is 75.3 Å². The third kappa shape index (κ3) is 9.91. The van der Waals surface area contributed by atoms with E-state index in [0.717, 1.165) is 71.2 Å². The van der Waals surface area contributed by atoms with Crippen molar-refractivity contribution in [1.82, 2.24) is 20.9 Å². The molecule has 1 saturated heterocycles. The first kappa shape index (κ1) is 23.4. The minimum atomic E-state index is 0. The molecule has 0 aromatic rings.